The van der Waals surface area contributed by atoms with Gasteiger partial charge in [-0.2, -0.15) is 0 Å². The van der Waals surface area contributed by atoms with E-state index >= 15 is 9.59 Å². The van der Waals surface area contributed by atoms with Crippen LogP contribution in [0.25, 0.3) is 10.8 Å². The smallest absolute Gasteiger partial charge is 0.235 e. The first-order valence-electron chi connectivity index (χ1n) is 22.5. The molecule has 0 unspecified atom stereocenters. The van der Waals surface area contributed by atoms with Crippen LogP contribution in [0, 0.1) is 23.7 Å². The van der Waals surface area contributed by atoms with Crippen molar-refractivity contribution in [3.8, 4) is 0 Å². The minimum Gasteiger partial charge on any atom is -0.365 e. The molecule has 2 aromatic rings. The van der Waals surface area contributed by atoms with Crippen LogP contribution in [0.4, 0.5) is 0 Å². The number of likely N-dealkylation sites (tertiary alicyclic amines) is 2. The molecule has 0 radical (unpaired) electrons. The highest BCUT2D eigenvalue weighted by atomic mass is 28.3. The van der Waals surface area contributed by atoms with Crippen LogP contribution in [0.15, 0.2) is 24.3 Å². The molecule has 0 aliphatic carbocycles. The van der Waals surface area contributed by atoms with E-state index in [2.05, 4.69) is 160 Å². The van der Waals surface area contributed by atoms with E-state index in [1.165, 1.54) is 9.80 Å². The van der Waals surface area contributed by atoms with E-state index in [1.807, 2.05) is 0 Å². The summed E-state index contributed by atoms with van der Waals surface area (Å²) in [5, 5.41) is -2.69. The highest BCUT2D eigenvalue weighted by Crippen LogP contribution is 2.79. The molecule has 4 fully saturated rings. The predicted octanol–water partition coefficient (Wildman–Crippen LogP) is 10.4. The third kappa shape index (κ3) is 4.19. The van der Waals surface area contributed by atoms with Crippen LogP contribution >= 0.6 is 0 Å². The number of carbonyl (C=O) groups is 4. The molecular formula is C48H74N2O6Si4. The Morgan fingerprint density at radius 2 is 0.633 bits per heavy atom. The number of ether oxygens (including phenoxy) is 2. The van der Waals surface area contributed by atoms with Gasteiger partial charge in [0.15, 0.2) is 0 Å². The van der Waals surface area contributed by atoms with Gasteiger partial charge in [-0.15, -0.1) is 0 Å². The monoisotopic (exact) mass is 886 g/mol. The van der Waals surface area contributed by atoms with Crippen LogP contribution in [-0.4, -0.2) is 79.8 Å². The fourth-order valence-corrected chi connectivity index (χ4v) is 27.4. The van der Waals surface area contributed by atoms with E-state index < -0.39 is 76.9 Å². The summed E-state index contributed by atoms with van der Waals surface area (Å²) in [7, 11) is -7.60. The lowest BCUT2D eigenvalue weighted by molar-refractivity contribution is -0.146. The zero-order chi connectivity index (χ0) is 45.5. The van der Waals surface area contributed by atoms with Gasteiger partial charge in [0.25, 0.3) is 0 Å². The second-order valence-electron chi connectivity index (χ2n) is 26.1. The van der Waals surface area contributed by atoms with Crippen molar-refractivity contribution in [2.75, 3.05) is 14.1 Å². The minimum atomic E-state index is -2.79. The normalized spacial score (nSPS) is 34.4. The molecule has 8 nitrogen and oxygen atoms in total. The van der Waals surface area contributed by atoms with Crippen molar-refractivity contribution in [3.05, 3.63) is 46.5 Å². The molecule has 4 bridgehead atoms. The first kappa shape index (κ1) is 44.4. The van der Waals surface area contributed by atoms with Crippen LogP contribution in [0.5, 0.6) is 0 Å². The summed E-state index contributed by atoms with van der Waals surface area (Å²) < 4.78 is 16.3. The van der Waals surface area contributed by atoms with E-state index in [0.29, 0.717) is 0 Å². The van der Waals surface area contributed by atoms with Crippen LogP contribution in [0.2, 0.25) is 72.5 Å². The maximum atomic E-state index is 15.1. The lowest BCUT2D eigenvalue weighted by Crippen LogP contribution is -2.62. The Morgan fingerprint density at radius 3 is 0.867 bits per heavy atom. The first-order chi connectivity index (χ1) is 26.8. The van der Waals surface area contributed by atoms with Crippen molar-refractivity contribution in [1.29, 1.82) is 0 Å². The van der Waals surface area contributed by atoms with E-state index in [-0.39, 0.29) is 43.8 Å². The van der Waals surface area contributed by atoms with Gasteiger partial charge in [-0.05, 0) is 53.2 Å². The number of hydrogen-bond donors (Lipinski definition) is 0. The van der Waals surface area contributed by atoms with Crippen molar-refractivity contribution >= 4 is 66.7 Å². The number of amides is 4. The zero-order valence-electron chi connectivity index (χ0n) is 41.0. The largest absolute Gasteiger partial charge is 0.365 e. The number of fused-ring (bicyclic) bond motifs is 19. The summed E-state index contributed by atoms with van der Waals surface area (Å²) in [6, 6.07) is 9.14. The van der Waals surface area contributed by atoms with Crippen LogP contribution in [0.1, 0.15) is 105 Å². The number of carbonyl (C=O) groups excluding carboxylic acids is 4. The van der Waals surface area contributed by atoms with Crippen LogP contribution in [-0.2, 0) is 49.5 Å². The molecule has 0 N–H and O–H groups in total. The van der Waals surface area contributed by atoms with Crippen LogP contribution < -0.4 is 0 Å². The fraction of sp³-hybridized carbons (Fsp3) is 0.708. The topological polar surface area (TPSA) is 93.2 Å². The molecule has 12 heteroatoms. The van der Waals surface area contributed by atoms with Crippen molar-refractivity contribution in [3.63, 3.8) is 0 Å². The lowest BCUT2D eigenvalue weighted by Gasteiger charge is -2.52. The average molecular weight is 887 g/mol. The molecule has 8 atom stereocenters. The average Bonchev–Trinajstić information content (AvgIpc) is 3.89. The van der Waals surface area contributed by atoms with Gasteiger partial charge >= 0.3 is 0 Å². The number of rotatable bonds is 4. The molecule has 6 aliphatic rings. The van der Waals surface area contributed by atoms with Gasteiger partial charge in [0.2, 0.25) is 23.6 Å². The van der Waals surface area contributed by atoms with Gasteiger partial charge < -0.3 is 9.47 Å². The number of hydrogen-bond acceptors (Lipinski definition) is 6. The Morgan fingerprint density at radius 1 is 0.417 bits per heavy atom. The molecule has 8 rings (SSSR count). The Bertz CT molecular complexity index is 2200. The van der Waals surface area contributed by atoms with Gasteiger partial charge in [0, 0.05) is 14.1 Å². The number of imide groups is 2. The standard InChI is InChI=1S/C48H74N2O6Si4/c1-41(2,3)57(15,16)45-29-25-23-28-27(31(29)47(55-45,59(19,20)43(7,8)9)35-33(45)37(51)49(13)39(35)53)24-26-30-32(28)48(60(21,22)44(10,11)12)36-34(38(52)50(14)40(36)54)46(30,56-48)58(17,18)42(4,5)6/h23-26,33-36H,1-22H3/t33-,34-,35+,36+,45-,46-,47+,48+/m0/s1. The summed E-state index contributed by atoms with van der Waals surface area (Å²) in [5.41, 5.74) is 4.35. The maximum absolute atomic E-state index is 15.1. The molecule has 0 saturated carbocycles. The van der Waals surface area contributed by atoms with Gasteiger partial charge in [-0.25, -0.2) is 0 Å². The molecule has 4 amide bonds. The molecule has 0 aromatic heterocycles. The quantitative estimate of drug-likeness (QED) is 0.224. The Hall–Kier alpha value is -2.23. The van der Waals surface area contributed by atoms with Crippen molar-refractivity contribution in [2.45, 2.75) is 177 Å². The van der Waals surface area contributed by atoms with Crippen molar-refractivity contribution in [2.24, 2.45) is 23.7 Å². The number of benzene rings is 2. The summed E-state index contributed by atoms with van der Waals surface area (Å²) in [6.07, 6.45) is 0. The fourth-order valence-electron chi connectivity index (χ4n) is 13.3. The molecule has 0 spiro atoms. The SMILES string of the molecule is CN1C(=O)[C@@H]2[C@H](C1=O)[C@@]1([Si](C)(C)C(C)(C)C)O[C@]2([Si](C)(C)C(C)(C)C)c2ccc3c4c(ccc3c21)[C@@]1([Si](C)(C)C(C)(C)C)O[C@]4([Si](C)(C)C(C)(C)C)[C@H]2C(=O)N(C)C(=O)[C@H]21. The third-order valence-corrected chi connectivity index (χ3v) is 45.5. The van der Waals surface area contributed by atoms with E-state index in [4.69, 9.17) is 9.47 Å². The summed E-state index contributed by atoms with van der Waals surface area (Å²) in [5.74, 6) is -3.00. The predicted molar refractivity (Wildman–Crippen MR) is 251 cm³/mol. The first-order valence-corrected chi connectivity index (χ1v) is 34.5. The molecular weight excluding hydrogens is 813 g/mol. The Kier molecular flexibility index (Phi) is 8.52. The second-order valence-corrected chi connectivity index (χ2v) is 48.1. The molecule has 4 saturated heterocycles. The van der Waals surface area contributed by atoms with Crippen LogP contribution in [0.3, 0.4) is 0 Å². The molecule has 6 heterocycles. The van der Waals surface area contributed by atoms with Crippen molar-refractivity contribution < 1.29 is 28.7 Å². The third-order valence-electron chi connectivity index (χ3n) is 20.4. The zero-order valence-corrected chi connectivity index (χ0v) is 45.0. The Labute approximate surface area is 364 Å². The van der Waals surface area contributed by atoms with Crippen molar-refractivity contribution in [1.82, 2.24) is 9.80 Å². The second kappa shape index (κ2) is 11.5. The van der Waals surface area contributed by atoms with E-state index in [1.54, 1.807) is 14.1 Å². The summed E-state index contributed by atoms with van der Waals surface area (Å²) in [6.45, 7) is 46.6. The molecule has 6 aliphatic heterocycles. The molecule has 60 heavy (non-hydrogen) atoms. The molecule has 328 valence electrons. The summed E-state index contributed by atoms with van der Waals surface area (Å²) >= 11 is 0. The summed E-state index contributed by atoms with van der Waals surface area (Å²) in [4.78, 5) is 62.6. The number of nitrogens with zero attached hydrogens (tertiary/aromatic N) is 2. The van der Waals surface area contributed by atoms with Gasteiger partial charge in [-0.1, -0.05) is 160 Å². The lowest BCUT2D eigenvalue weighted by atomic mass is 9.71. The van der Waals surface area contributed by atoms with E-state index in [0.717, 1.165) is 33.0 Å². The Balaban J connectivity index is 1.62. The molecule has 2 aromatic carbocycles. The minimum absolute atomic E-state index is 0.117. The van der Waals surface area contributed by atoms with Gasteiger partial charge in [-0.3, -0.25) is 29.0 Å². The maximum Gasteiger partial charge on any atom is 0.235 e. The highest BCUT2D eigenvalue weighted by molar-refractivity contribution is 6.87. The van der Waals surface area contributed by atoms with Gasteiger partial charge in [0.05, 0.1) is 76.9 Å². The van der Waals surface area contributed by atoms with E-state index in [9.17, 15) is 9.59 Å². The highest BCUT2D eigenvalue weighted by Gasteiger charge is 2.87. The van der Waals surface area contributed by atoms with Gasteiger partial charge in [0.1, 0.15) is 0 Å².